The van der Waals surface area contributed by atoms with Crippen LogP contribution in [0.1, 0.15) is 0 Å². The number of thiophene rings is 3. The molecule has 3 heteroatoms. The van der Waals surface area contributed by atoms with Gasteiger partial charge in [-0.25, -0.2) is 0 Å². The Morgan fingerprint density at radius 3 is 0.683 bits per heavy atom. The molecule has 0 bridgehead atoms. The Kier molecular flexibility index (Phi) is 6.30. The average Bonchev–Trinajstić information content (AvgIpc) is 4.13. The van der Waals surface area contributed by atoms with E-state index in [2.05, 4.69) is 180 Å². The van der Waals surface area contributed by atoms with Gasteiger partial charge in [0.15, 0.2) is 0 Å². The summed E-state index contributed by atoms with van der Waals surface area (Å²) in [6.07, 6.45) is 0. The number of hydrogen-bond acceptors (Lipinski definition) is 3. The summed E-state index contributed by atoms with van der Waals surface area (Å²) in [6, 6.07) is 63.0. The van der Waals surface area contributed by atoms with Crippen molar-refractivity contribution >= 4 is 194 Å². The van der Waals surface area contributed by atoms with Crippen LogP contribution in [0.2, 0.25) is 0 Å². The molecule has 0 N–H and O–H groups in total. The van der Waals surface area contributed by atoms with Gasteiger partial charge < -0.3 is 0 Å². The molecule has 288 valence electrons. The van der Waals surface area contributed by atoms with Gasteiger partial charge in [-0.2, -0.15) is 0 Å². The monoisotopic (exact) mass is 846 g/mol. The van der Waals surface area contributed by atoms with Gasteiger partial charge in [0.05, 0.1) is 0 Å². The first kappa shape index (κ1) is 33.5. The molecule has 0 unspecified atom stereocenters. The van der Waals surface area contributed by atoms with Gasteiger partial charge in [-0.1, -0.05) is 72.8 Å². The molecule has 0 aliphatic rings. The normalized spacial score (nSPS) is 12.8. The van der Waals surface area contributed by atoms with Crippen molar-refractivity contribution in [1.29, 1.82) is 0 Å². The van der Waals surface area contributed by atoms with E-state index in [0.717, 1.165) is 0 Å². The summed E-state index contributed by atoms with van der Waals surface area (Å²) in [5.41, 5.74) is 0. The van der Waals surface area contributed by atoms with E-state index in [0.29, 0.717) is 0 Å². The van der Waals surface area contributed by atoms with Crippen LogP contribution in [0.25, 0.3) is 160 Å². The molecule has 0 atom stereocenters. The van der Waals surface area contributed by atoms with Crippen molar-refractivity contribution in [3.05, 3.63) is 180 Å². The molecule has 63 heavy (non-hydrogen) atoms. The highest BCUT2D eigenvalue weighted by Crippen LogP contribution is 2.55. The molecule has 0 aliphatic carbocycles. The van der Waals surface area contributed by atoms with Crippen molar-refractivity contribution in [1.82, 2.24) is 0 Å². The van der Waals surface area contributed by atoms with Crippen LogP contribution in [0.4, 0.5) is 0 Å². The van der Waals surface area contributed by atoms with Gasteiger partial charge in [0.25, 0.3) is 0 Å². The highest BCUT2D eigenvalue weighted by atomic mass is 32.1. The van der Waals surface area contributed by atoms with Crippen molar-refractivity contribution in [3.8, 4) is 0 Å². The fraction of sp³-hybridized carbons (Fsp3) is 0. The van der Waals surface area contributed by atoms with E-state index in [1.165, 1.54) is 160 Å². The van der Waals surface area contributed by atoms with Crippen molar-refractivity contribution in [3.63, 3.8) is 0 Å². The molecule has 0 aliphatic heterocycles. The Labute approximate surface area is 371 Å². The van der Waals surface area contributed by atoms with E-state index in [4.69, 9.17) is 0 Å². The van der Waals surface area contributed by atoms with Crippen LogP contribution in [0, 0.1) is 0 Å². The van der Waals surface area contributed by atoms with E-state index in [1.807, 2.05) is 34.0 Å². The van der Waals surface area contributed by atoms with Gasteiger partial charge in [0.1, 0.15) is 0 Å². The first-order valence-corrected chi connectivity index (χ1v) is 24.2. The lowest BCUT2D eigenvalue weighted by Gasteiger charge is -2.20. The Morgan fingerprint density at radius 1 is 0.190 bits per heavy atom. The molecule has 0 amide bonds. The topological polar surface area (TPSA) is 0 Å². The van der Waals surface area contributed by atoms with E-state index < -0.39 is 0 Å². The molecular formula is C60H30S3. The largest absolute Gasteiger partial charge is 0.143 e. The van der Waals surface area contributed by atoms with E-state index in [9.17, 15) is 0 Å². The Balaban J connectivity index is 1.25. The molecule has 0 saturated heterocycles. The lowest BCUT2D eigenvalue weighted by molar-refractivity contribution is 1.80. The predicted octanol–water partition coefficient (Wildman–Crippen LogP) is 19.2. The fourth-order valence-corrected chi connectivity index (χ4v) is 14.6. The molecule has 3 heterocycles. The highest BCUT2D eigenvalue weighted by molar-refractivity contribution is 7.20. The maximum atomic E-state index is 2.53. The zero-order valence-electron chi connectivity index (χ0n) is 33.5. The minimum atomic E-state index is 1.28. The molecular weight excluding hydrogens is 817 g/mol. The van der Waals surface area contributed by atoms with Crippen molar-refractivity contribution in [2.45, 2.75) is 0 Å². The van der Waals surface area contributed by atoms with Crippen molar-refractivity contribution in [2.24, 2.45) is 0 Å². The molecule has 0 saturated carbocycles. The maximum Gasteiger partial charge on any atom is 0.0434 e. The second kappa shape index (κ2) is 11.9. The van der Waals surface area contributed by atoms with Crippen LogP contribution in [0.5, 0.6) is 0 Å². The van der Waals surface area contributed by atoms with Gasteiger partial charge in [-0.15, -0.1) is 34.0 Å². The molecule has 0 nitrogen and oxygen atoms in total. The SMILES string of the molecule is c1ccc2cc3cc4c(cc3cc2c1)c1ccsc1c1c4c2c3sccc3c3cc4cc5ccccc5cc4cc3c2c2c3sccc3c3cc4cc5ccccc5cc4cc3c12. The number of fused-ring (bicyclic) bond motifs is 27. The third kappa shape index (κ3) is 4.34. The minimum Gasteiger partial charge on any atom is -0.143 e. The van der Waals surface area contributed by atoms with Gasteiger partial charge in [-0.05, 0) is 204 Å². The van der Waals surface area contributed by atoms with Crippen LogP contribution < -0.4 is 0 Å². The smallest absolute Gasteiger partial charge is 0.0434 e. The molecule has 0 radical (unpaired) electrons. The van der Waals surface area contributed by atoms with E-state index in [1.54, 1.807) is 0 Å². The molecule has 3 aromatic heterocycles. The van der Waals surface area contributed by atoms with E-state index in [-0.39, 0.29) is 0 Å². The highest BCUT2D eigenvalue weighted by Gasteiger charge is 2.26. The molecule has 0 fully saturated rings. The Bertz CT molecular complexity index is 4270. The van der Waals surface area contributed by atoms with Gasteiger partial charge >= 0.3 is 0 Å². The Hall–Kier alpha value is -7.14. The van der Waals surface area contributed by atoms with Crippen LogP contribution in [0.3, 0.4) is 0 Å². The summed E-state index contributed by atoms with van der Waals surface area (Å²) >= 11 is 5.72. The minimum absolute atomic E-state index is 1.28. The fourth-order valence-electron chi connectivity index (χ4n) is 11.6. The molecule has 0 spiro atoms. The number of hydrogen-bond donors (Lipinski definition) is 0. The van der Waals surface area contributed by atoms with Gasteiger partial charge in [0.2, 0.25) is 0 Å². The van der Waals surface area contributed by atoms with Gasteiger partial charge in [-0.3, -0.25) is 0 Å². The molecule has 16 aromatic rings. The molecule has 13 aromatic carbocycles. The van der Waals surface area contributed by atoms with Gasteiger partial charge in [0, 0.05) is 62.6 Å². The first-order valence-electron chi connectivity index (χ1n) is 21.6. The van der Waals surface area contributed by atoms with E-state index >= 15 is 0 Å². The summed E-state index contributed by atoms with van der Waals surface area (Å²) in [5, 5.41) is 42.6. The average molecular weight is 847 g/mol. The van der Waals surface area contributed by atoms with Crippen LogP contribution in [-0.4, -0.2) is 0 Å². The maximum absolute atomic E-state index is 2.53. The third-order valence-electron chi connectivity index (χ3n) is 14.4. The zero-order valence-corrected chi connectivity index (χ0v) is 36.0. The second-order valence-electron chi connectivity index (χ2n) is 17.6. The van der Waals surface area contributed by atoms with Crippen molar-refractivity contribution in [2.75, 3.05) is 0 Å². The quantitative estimate of drug-likeness (QED) is 0.105. The predicted molar refractivity (Wildman–Crippen MR) is 283 cm³/mol. The third-order valence-corrected chi connectivity index (χ3v) is 17.2. The Morgan fingerprint density at radius 2 is 0.429 bits per heavy atom. The van der Waals surface area contributed by atoms with Crippen LogP contribution >= 0.6 is 34.0 Å². The lowest BCUT2D eigenvalue weighted by atomic mass is 9.83. The zero-order chi connectivity index (χ0) is 40.7. The van der Waals surface area contributed by atoms with Crippen LogP contribution in [0.15, 0.2) is 180 Å². The first-order chi connectivity index (χ1) is 31.2. The molecule has 16 rings (SSSR count). The second-order valence-corrected chi connectivity index (χ2v) is 20.3. The van der Waals surface area contributed by atoms with Crippen molar-refractivity contribution < 1.29 is 0 Å². The summed E-state index contributed by atoms with van der Waals surface area (Å²) in [4.78, 5) is 0. The summed E-state index contributed by atoms with van der Waals surface area (Å²) in [5.74, 6) is 0. The lowest BCUT2D eigenvalue weighted by Crippen LogP contribution is -1.92. The number of rotatable bonds is 0. The number of benzene rings is 13. The van der Waals surface area contributed by atoms with Crippen LogP contribution in [-0.2, 0) is 0 Å². The summed E-state index contributed by atoms with van der Waals surface area (Å²) in [7, 11) is 0. The summed E-state index contributed by atoms with van der Waals surface area (Å²) in [6.45, 7) is 0. The standard InChI is InChI=1S/C60H30S3/c1-4-10-34-22-40-28-49-46(25-37(40)19-31(34)7-1)43-13-16-61-58(43)55-52(49)56-54(51-30-42-24-36-12-6-3-8-32(36)20-38(42)26-47(51)44-14-17-62-59(44)56)57-53(55)50-29-41-23-35-11-5-2-9-33(35)21-39(41)27-48(50)45-15-18-63-60(45)57/h1-30H. The summed E-state index contributed by atoms with van der Waals surface area (Å²) < 4.78 is 4.11.